The molecule has 0 aromatic heterocycles. The molecule has 1 saturated carbocycles. The average molecular weight is 612 g/mol. The molecule has 1 aromatic carbocycles. The number of ether oxygens (including phenoxy) is 2. The van der Waals surface area contributed by atoms with Crippen molar-refractivity contribution < 1.29 is 14.0 Å². The minimum atomic E-state index is -1.08. The Bertz CT molecular complexity index is 1110. The van der Waals surface area contributed by atoms with E-state index in [9.17, 15) is 4.55 Å². The van der Waals surface area contributed by atoms with Crippen molar-refractivity contribution in [1.82, 2.24) is 20.4 Å². The van der Waals surface area contributed by atoms with Crippen molar-refractivity contribution in [3.63, 3.8) is 0 Å². The highest BCUT2D eigenvalue weighted by atomic mass is 32.2. The predicted molar refractivity (Wildman–Crippen MR) is 176 cm³/mol. The summed E-state index contributed by atoms with van der Waals surface area (Å²) in [5.41, 5.74) is 10.8. The Kier molecular flexibility index (Phi) is 11.4. The molecule has 5 rings (SSSR count). The number of benzene rings is 1. The van der Waals surface area contributed by atoms with Gasteiger partial charge in [-0.05, 0) is 79.6 Å². The molecule has 0 amide bonds. The van der Waals surface area contributed by atoms with Crippen molar-refractivity contribution in [1.29, 1.82) is 0 Å². The van der Waals surface area contributed by atoms with Crippen LogP contribution in [-0.2, 0) is 20.6 Å². The zero-order valence-electron chi connectivity index (χ0n) is 26.3. The molecule has 3 atom stereocenters. The van der Waals surface area contributed by atoms with E-state index in [0.717, 1.165) is 87.9 Å². The Morgan fingerprint density at radius 2 is 1.65 bits per heavy atom. The average Bonchev–Trinajstić information content (AvgIpc) is 3.81. The van der Waals surface area contributed by atoms with Crippen LogP contribution in [0.2, 0.25) is 0 Å². The summed E-state index contributed by atoms with van der Waals surface area (Å²) in [7, 11) is 2.08. The first-order valence-electron chi connectivity index (χ1n) is 16.4. The molecule has 3 heterocycles. The summed E-state index contributed by atoms with van der Waals surface area (Å²) in [6, 6.07) is 10.6. The molecule has 1 aromatic rings. The van der Waals surface area contributed by atoms with Gasteiger partial charge in [0.15, 0.2) is 11.1 Å². The highest BCUT2D eigenvalue weighted by Gasteiger charge is 2.37. The Labute approximate surface area is 262 Å². The predicted octanol–water partition coefficient (Wildman–Crippen LogP) is 4.59. The molecule has 0 spiro atoms. The highest BCUT2D eigenvalue weighted by molar-refractivity contribution is 7.95. The van der Waals surface area contributed by atoms with Crippen molar-refractivity contribution >= 4 is 16.9 Å². The van der Waals surface area contributed by atoms with E-state index in [0.29, 0.717) is 36.2 Å². The van der Waals surface area contributed by atoms with E-state index in [-0.39, 0.29) is 6.17 Å². The van der Waals surface area contributed by atoms with Gasteiger partial charge in [-0.2, -0.15) is 0 Å². The second kappa shape index (κ2) is 15.2. The summed E-state index contributed by atoms with van der Waals surface area (Å²) >= 11 is -1.08. The van der Waals surface area contributed by atoms with Gasteiger partial charge in [0.2, 0.25) is 0 Å². The lowest BCUT2D eigenvalue weighted by Crippen LogP contribution is -2.52. The Morgan fingerprint density at radius 3 is 2.23 bits per heavy atom. The molecular weight excluding hydrogens is 558 g/mol. The number of nitrogens with zero attached hydrogens (tertiary/aromatic N) is 2. The zero-order chi connectivity index (χ0) is 30.3. The lowest BCUT2D eigenvalue weighted by atomic mass is 9.92. The number of nitrogens with two attached hydrogens (primary N) is 1. The maximum Gasteiger partial charge on any atom is 0.185 e. The number of hydrogen-bond acceptors (Lipinski definition) is 8. The summed E-state index contributed by atoms with van der Waals surface area (Å²) in [6.45, 7) is 15.2. The van der Waals surface area contributed by atoms with Gasteiger partial charge >= 0.3 is 0 Å². The van der Waals surface area contributed by atoms with Gasteiger partial charge in [-0.1, -0.05) is 44.3 Å². The van der Waals surface area contributed by atoms with Crippen LogP contribution in [0.5, 0.6) is 0 Å². The number of hydrogen-bond donors (Lipinski definition) is 3. The van der Waals surface area contributed by atoms with Gasteiger partial charge in [0.25, 0.3) is 0 Å². The number of allylic oxidation sites excluding steroid dienone is 1. The minimum absolute atomic E-state index is 0.291. The van der Waals surface area contributed by atoms with Crippen molar-refractivity contribution in [3.8, 4) is 0 Å². The van der Waals surface area contributed by atoms with Gasteiger partial charge in [-0.15, -0.1) is 0 Å². The van der Waals surface area contributed by atoms with Crippen molar-refractivity contribution in [2.75, 3.05) is 45.8 Å². The summed E-state index contributed by atoms with van der Waals surface area (Å²) in [4.78, 5) is 5.55. The smallest absolute Gasteiger partial charge is 0.185 e. The fourth-order valence-electron chi connectivity index (χ4n) is 6.70. The van der Waals surface area contributed by atoms with E-state index in [1.165, 1.54) is 29.7 Å². The number of rotatable bonds is 15. The molecule has 43 heavy (non-hydrogen) atoms. The van der Waals surface area contributed by atoms with Gasteiger partial charge in [-0.25, -0.2) is 0 Å². The van der Waals surface area contributed by atoms with E-state index in [1.807, 2.05) is 0 Å². The van der Waals surface area contributed by atoms with Crippen LogP contribution in [0, 0.1) is 0 Å². The van der Waals surface area contributed by atoms with E-state index in [1.54, 1.807) is 0 Å². The standard InChI is InChI=1S/C34H53N5O3S/c1-5-26(28-8-6-27(7-9-28)24(2)39(30-10-11-30)31-15-21-42-22-16-31)12-18-38(4)25(3)36-34(33-32(35)17-23-43(33)40)37-29-13-19-41-20-14-29/h6-9,26,29-31,34,36-37H,2-3,5,10-23,35H2,1,4H3/t26?,34?,43-/m0/s1. The van der Waals surface area contributed by atoms with Crippen LogP contribution in [0.15, 0.2) is 53.8 Å². The largest absolute Gasteiger partial charge is 0.612 e. The van der Waals surface area contributed by atoms with Crippen molar-refractivity contribution in [2.45, 2.75) is 94.9 Å². The van der Waals surface area contributed by atoms with E-state index >= 15 is 0 Å². The van der Waals surface area contributed by atoms with Crippen LogP contribution in [0.3, 0.4) is 0 Å². The highest BCUT2D eigenvalue weighted by Crippen LogP contribution is 2.38. The Balaban J connectivity index is 1.17. The normalized spacial score (nSPS) is 23.2. The zero-order valence-corrected chi connectivity index (χ0v) is 27.1. The molecule has 2 unspecified atom stereocenters. The molecule has 2 saturated heterocycles. The van der Waals surface area contributed by atoms with E-state index in [4.69, 9.17) is 15.2 Å². The summed E-state index contributed by atoms with van der Waals surface area (Å²) in [5, 5.41) is 7.22. The molecule has 1 aliphatic carbocycles. The first kappa shape index (κ1) is 32.2. The molecular formula is C34H53N5O3S. The first-order chi connectivity index (χ1) is 20.9. The molecule has 3 aliphatic heterocycles. The molecule has 4 N–H and O–H groups in total. The Hall–Kier alpha value is -2.17. The van der Waals surface area contributed by atoms with E-state index < -0.39 is 11.2 Å². The van der Waals surface area contributed by atoms with E-state index in [2.05, 4.69) is 71.8 Å². The molecule has 238 valence electrons. The van der Waals surface area contributed by atoms with Gasteiger partial charge in [-0.3, -0.25) is 5.32 Å². The molecule has 0 radical (unpaired) electrons. The van der Waals surface area contributed by atoms with Crippen LogP contribution in [-0.4, -0.2) is 84.4 Å². The van der Waals surface area contributed by atoms with Gasteiger partial charge in [0.1, 0.15) is 5.75 Å². The third-order valence-corrected chi connectivity index (χ3v) is 11.2. The summed E-state index contributed by atoms with van der Waals surface area (Å²) in [5.74, 6) is 1.85. The lowest BCUT2D eigenvalue weighted by molar-refractivity contribution is 0.0507. The summed E-state index contributed by atoms with van der Waals surface area (Å²) in [6.07, 6.45) is 9.06. The third-order valence-electron chi connectivity index (χ3n) is 9.63. The van der Waals surface area contributed by atoms with Crippen LogP contribution in [0.4, 0.5) is 0 Å². The maximum absolute atomic E-state index is 12.9. The van der Waals surface area contributed by atoms with Crippen molar-refractivity contribution in [2.24, 2.45) is 5.73 Å². The van der Waals surface area contributed by atoms with Gasteiger partial charge in [0, 0.05) is 70.3 Å². The van der Waals surface area contributed by atoms with Crippen molar-refractivity contribution in [3.05, 3.63) is 65.0 Å². The third kappa shape index (κ3) is 8.31. The molecule has 4 aliphatic rings. The summed E-state index contributed by atoms with van der Waals surface area (Å²) < 4.78 is 24.0. The fourth-order valence-corrected chi connectivity index (χ4v) is 8.11. The quantitative estimate of drug-likeness (QED) is 0.196. The fraction of sp³-hybridized carbons (Fsp3) is 0.647. The van der Waals surface area contributed by atoms with Crippen LogP contribution in [0.1, 0.15) is 81.8 Å². The second-order valence-corrected chi connectivity index (χ2v) is 14.2. The monoisotopic (exact) mass is 611 g/mol. The Morgan fingerprint density at radius 1 is 1.02 bits per heavy atom. The SMILES string of the molecule is C=C(NC(NC1CCOCC1)C1=C(N)CC[S@+]1[O-])N(C)CCC(CC)c1ccc(C(=C)N(C2CCOCC2)C2CC2)cc1. The topological polar surface area (TPSA) is 98.1 Å². The van der Waals surface area contributed by atoms with Crippen LogP contribution >= 0.6 is 0 Å². The molecule has 9 heteroatoms. The lowest BCUT2D eigenvalue weighted by Gasteiger charge is -2.37. The first-order valence-corrected chi connectivity index (χ1v) is 17.7. The minimum Gasteiger partial charge on any atom is -0.612 e. The second-order valence-electron chi connectivity index (χ2n) is 12.6. The van der Waals surface area contributed by atoms with Gasteiger partial charge in [0.05, 0.1) is 11.5 Å². The molecule has 0 bridgehead atoms. The molecule has 3 fully saturated rings. The van der Waals surface area contributed by atoms with Crippen LogP contribution < -0.4 is 16.4 Å². The molecule has 8 nitrogen and oxygen atoms in total. The maximum atomic E-state index is 12.9. The van der Waals surface area contributed by atoms with Gasteiger partial charge < -0.3 is 34.9 Å². The number of nitrogens with one attached hydrogen (secondary N) is 2. The van der Waals surface area contributed by atoms with Crippen LogP contribution in [0.25, 0.3) is 5.70 Å².